The minimum atomic E-state index is 0.778. The molecule has 3 heteroatoms. The number of nitrogens with zero attached hydrogens (tertiary/aromatic N) is 1. The first kappa shape index (κ1) is 8.45. The Morgan fingerprint density at radius 3 is 2.69 bits per heavy atom. The van der Waals surface area contributed by atoms with Crippen LogP contribution in [0.3, 0.4) is 0 Å². The maximum Gasteiger partial charge on any atom is 0.0795 e. The van der Waals surface area contributed by atoms with Crippen molar-refractivity contribution in [2.75, 3.05) is 19.0 Å². The van der Waals surface area contributed by atoms with Crippen LogP contribution in [0.25, 0.3) is 10.9 Å². The van der Waals surface area contributed by atoms with Gasteiger partial charge in [0.2, 0.25) is 0 Å². The molecule has 13 heavy (non-hydrogen) atoms. The minimum Gasteiger partial charge on any atom is -0.375 e. The molecule has 1 heterocycles. The maximum absolute atomic E-state index is 6.09. The van der Waals surface area contributed by atoms with E-state index in [1.807, 2.05) is 43.4 Å². The Balaban J connectivity index is 2.80. The van der Waals surface area contributed by atoms with Crippen molar-refractivity contribution in [1.82, 2.24) is 4.98 Å². The number of aromatic amines is 1. The van der Waals surface area contributed by atoms with Crippen molar-refractivity contribution in [2.45, 2.75) is 0 Å². The van der Waals surface area contributed by atoms with Gasteiger partial charge in [-0.05, 0) is 12.1 Å². The number of fused-ring (bicyclic) bond motifs is 1. The third-order valence-electron chi connectivity index (χ3n) is 2.10. The van der Waals surface area contributed by atoms with E-state index < -0.39 is 0 Å². The van der Waals surface area contributed by atoms with Crippen LogP contribution in [0.4, 0.5) is 5.69 Å². The van der Waals surface area contributed by atoms with Crippen molar-refractivity contribution in [2.24, 2.45) is 0 Å². The predicted molar refractivity (Wildman–Crippen MR) is 57.6 cm³/mol. The number of halogens is 1. The normalized spacial score (nSPS) is 10.7. The Kier molecular flexibility index (Phi) is 1.93. The number of nitrogens with one attached hydrogen (secondary N) is 1. The zero-order valence-corrected chi connectivity index (χ0v) is 8.39. The lowest BCUT2D eigenvalue weighted by atomic mass is 10.2. The van der Waals surface area contributed by atoms with Gasteiger partial charge in [-0.25, -0.2) is 0 Å². The van der Waals surface area contributed by atoms with E-state index in [9.17, 15) is 0 Å². The Morgan fingerprint density at radius 2 is 2.00 bits per heavy atom. The van der Waals surface area contributed by atoms with E-state index in [2.05, 4.69) is 4.98 Å². The third kappa shape index (κ3) is 1.27. The van der Waals surface area contributed by atoms with Crippen molar-refractivity contribution in [3.05, 3.63) is 29.4 Å². The molecule has 0 unspecified atom stereocenters. The molecular weight excluding hydrogens is 184 g/mol. The molecule has 0 radical (unpaired) electrons. The molecule has 1 aromatic heterocycles. The van der Waals surface area contributed by atoms with Crippen LogP contribution in [0.15, 0.2) is 24.4 Å². The second-order valence-corrected chi connectivity index (χ2v) is 3.64. The lowest BCUT2D eigenvalue weighted by molar-refractivity contribution is 1.14. The van der Waals surface area contributed by atoms with Crippen molar-refractivity contribution in [1.29, 1.82) is 0 Å². The highest BCUT2D eigenvalue weighted by Gasteiger charge is 2.07. The second-order valence-electron chi connectivity index (χ2n) is 3.23. The summed E-state index contributed by atoms with van der Waals surface area (Å²) in [5, 5.41) is 1.97. The van der Waals surface area contributed by atoms with E-state index in [1.54, 1.807) is 0 Å². The number of rotatable bonds is 1. The molecule has 2 rings (SSSR count). The second kappa shape index (κ2) is 2.96. The third-order valence-corrected chi connectivity index (χ3v) is 2.40. The fraction of sp³-hybridized carbons (Fsp3) is 0.200. The van der Waals surface area contributed by atoms with Gasteiger partial charge in [-0.2, -0.15) is 0 Å². The van der Waals surface area contributed by atoms with Crippen LogP contribution in [0, 0.1) is 0 Å². The largest absolute Gasteiger partial charge is 0.375 e. The average Bonchev–Trinajstić information content (AvgIpc) is 2.50. The molecule has 0 bridgehead atoms. The molecule has 0 fully saturated rings. The summed E-state index contributed by atoms with van der Waals surface area (Å²) in [5.74, 6) is 0. The van der Waals surface area contributed by atoms with E-state index in [1.165, 1.54) is 5.39 Å². The van der Waals surface area contributed by atoms with Gasteiger partial charge in [0.15, 0.2) is 0 Å². The maximum atomic E-state index is 6.09. The Morgan fingerprint density at radius 1 is 1.23 bits per heavy atom. The number of hydrogen-bond donors (Lipinski definition) is 1. The number of hydrogen-bond acceptors (Lipinski definition) is 1. The van der Waals surface area contributed by atoms with Gasteiger partial charge in [0.1, 0.15) is 0 Å². The molecule has 1 N–H and O–H groups in total. The van der Waals surface area contributed by atoms with Gasteiger partial charge in [0.05, 0.1) is 16.2 Å². The SMILES string of the molecule is CN(C)c1c(Cl)ccc2cc[nH]c12. The first-order chi connectivity index (χ1) is 6.20. The smallest absolute Gasteiger partial charge is 0.0795 e. The first-order valence-corrected chi connectivity index (χ1v) is 4.51. The Labute approximate surface area is 82.1 Å². The highest BCUT2D eigenvalue weighted by Crippen LogP contribution is 2.31. The van der Waals surface area contributed by atoms with Gasteiger partial charge in [-0.3, -0.25) is 0 Å². The lowest BCUT2D eigenvalue weighted by Gasteiger charge is -2.15. The molecule has 1 aromatic carbocycles. The van der Waals surface area contributed by atoms with E-state index in [0.29, 0.717) is 0 Å². The highest BCUT2D eigenvalue weighted by atomic mass is 35.5. The predicted octanol–water partition coefficient (Wildman–Crippen LogP) is 2.89. The van der Waals surface area contributed by atoms with E-state index >= 15 is 0 Å². The molecule has 2 nitrogen and oxygen atoms in total. The van der Waals surface area contributed by atoms with E-state index in [4.69, 9.17) is 11.6 Å². The molecule has 68 valence electrons. The van der Waals surface area contributed by atoms with Crippen molar-refractivity contribution >= 4 is 28.2 Å². The molecule has 0 aliphatic carbocycles. The molecular formula is C10H11ClN2. The summed E-state index contributed by atoms with van der Waals surface area (Å²) in [5.41, 5.74) is 2.14. The van der Waals surface area contributed by atoms with Crippen LogP contribution in [0.2, 0.25) is 5.02 Å². The first-order valence-electron chi connectivity index (χ1n) is 4.13. The highest BCUT2D eigenvalue weighted by molar-refractivity contribution is 6.34. The van der Waals surface area contributed by atoms with Crippen LogP contribution in [-0.2, 0) is 0 Å². The molecule has 0 saturated carbocycles. The summed E-state index contributed by atoms with van der Waals surface area (Å²) in [7, 11) is 3.98. The minimum absolute atomic E-state index is 0.778. The molecule has 0 aliphatic rings. The van der Waals surface area contributed by atoms with Gasteiger partial charge in [0.25, 0.3) is 0 Å². The summed E-state index contributed by atoms with van der Waals surface area (Å²) in [6.07, 6.45) is 1.92. The van der Waals surface area contributed by atoms with Crippen LogP contribution >= 0.6 is 11.6 Å². The lowest BCUT2D eigenvalue weighted by Crippen LogP contribution is -2.09. The van der Waals surface area contributed by atoms with Crippen molar-refractivity contribution in [3.63, 3.8) is 0 Å². The van der Waals surface area contributed by atoms with Gasteiger partial charge in [0, 0.05) is 25.7 Å². The summed E-state index contributed by atoms with van der Waals surface area (Å²) >= 11 is 6.09. The van der Waals surface area contributed by atoms with Crippen LogP contribution in [0.5, 0.6) is 0 Å². The van der Waals surface area contributed by atoms with Crippen LogP contribution in [0.1, 0.15) is 0 Å². The molecule has 0 atom stereocenters. The molecule has 0 saturated heterocycles. The Hall–Kier alpha value is -1.15. The van der Waals surface area contributed by atoms with Crippen molar-refractivity contribution in [3.8, 4) is 0 Å². The average molecular weight is 195 g/mol. The van der Waals surface area contributed by atoms with E-state index in [0.717, 1.165) is 16.2 Å². The van der Waals surface area contributed by atoms with E-state index in [-0.39, 0.29) is 0 Å². The van der Waals surface area contributed by atoms with Gasteiger partial charge < -0.3 is 9.88 Å². The monoisotopic (exact) mass is 194 g/mol. The summed E-state index contributed by atoms with van der Waals surface area (Å²) in [6.45, 7) is 0. The molecule has 0 spiro atoms. The number of anilines is 1. The Bertz CT molecular complexity index is 431. The quantitative estimate of drug-likeness (QED) is 0.740. The summed E-state index contributed by atoms with van der Waals surface area (Å²) in [6, 6.07) is 5.98. The zero-order valence-electron chi connectivity index (χ0n) is 7.63. The zero-order chi connectivity index (χ0) is 9.42. The van der Waals surface area contributed by atoms with Gasteiger partial charge in [-0.1, -0.05) is 17.7 Å². The summed E-state index contributed by atoms with van der Waals surface area (Å²) < 4.78 is 0. The topological polar surface area (TPSA) is 19.0 Å². The van der Waals surface area contributed by atoms with Gasteiger partial charge >= 0.3 is 0 Å². The number of H-pyrrole nitrogens is 1. The standard InChI is InChI=1S/C10H11ClN2/c1-13(2)10-8(11)4-3-7-5-6-12-9(7)10/h3-6,12H,1-2H3. The fourth-order valence-electron chi connectivity index (χ4n) is 1.52. The fourth-order valence-corrected chi connectivity index (χ4v) is 1.85. The molecule has 2 aromatic rings. The van der Waals surface area contributed by atoms with Crippen molar-refractivity contribution < 1.29 is 0 Å². The summed E-state index contributed by atoms with van der Waals surface area (Å²) in [4.78, 5) is 5.20. The molecule has 0 amide bonds. The van der Waals surface area contributed by atoms with Crippen LogP contribution < -0.4 is 4.90 Å². The van der Waals surface area contributed by atoms with Gasteiger partial charge in [-0.15, -0.1) is 0 Å². The number of benzene rings is 1. The van der Waals surface area contributed by atoms with Crippen LogP contribution in [-0.4, -0.2) is 19.1 Å². The molecule has 0 aliphatic heterocycles. The number of aromatic nitrogens is 1.